The van der Waals surface area contributed by atoms with Gasteiger partial charge in [0.2, 0.25) is 5.76 Å². The minimum absolute atomic E-state index is 0.00382. The molecule has 0 aromatic heterocycles. The highest BCUT2D eigenvalue weighted by molar-refractivity contribution is 5.86. The van der Waals surface area contributed by atoms with Crippen molar-refractivity contribution in [2.45, 2.75) is 26.4 Å². The Morgan fingerprint density at radius 2 is 2.31 bits per heavy atom. The largest absolute Gasteiger partial charge is 0.486 e. The van der Waals surface area contributed by atoms with E-state index in [0.29, 0.717) is 12.5 Å². The van der Waals surface area contributed by atoms with Crippen LogP contribution in [0.2, 0.25) is 0 Å². The molecule has 90 valence electrons. The molecule has 0 N–H and O–H groups in total. The fourth-order valence-corrected chi connectivity index (χ4v) is 2.30. The molecule has 2 aliphatic rings. The Bertz CT molecular complexity index is 319. The fourth-order valence-electron chi connectivity index (χ4n) is 2.30. The van der Waals surface area contributed by atoms with Crippen LogP contribution in [0.25, 0.3) is 0 Å². The van der Waals surface area contributed by atoms with Crippen LogP contribution in [0, 0.1) is 11.3 Å². The van der Waals surface area contributed by atoms with E-state index in [1.807, 2.05) is 0 Å². The topological polar surface area (TPSA) is 44.8 Å². The van der Waals surface area contributed by atoms with Gasteiger partial charge in [-0.2, -0.15) is 0 Å². The standard InChI is InChI=1S/C12H18O4/c1-12(2)5-8-6-15-10(11(13)14-3)4-9(8)16-7-12/h4,8-9H,5-7H2,1-3H3/t8-,9-/m0/s1. The summed E-state index contributed by atoms with van der Waals surface area (Å²) >= 11 is 0. The molecule has 0 aromatic rings. The zero-order valence-electron chi connectivity index (χ0n) is 9.99. The molecule has 2 atom stereocenters. The van der Waals surface area contributed by atoms with Crippen LogP contribution in [0.4, 0.5) is 0 Å². The Kier molecular flexibility index (Phi) is 2.93. The highest BCUT2D eigenvalue weighted by Crippen LogP contribution is 2.37. The predicted octanol–water partition coefficient (Wildman–Crippen LogP) is 1.50. The molecule has 0 aromatic carbocycles. The zero-order valence-corrected chi connectivity index (χ0v) is 9.99. The van der Waals surface area contributed by atoms with E-state index in [1.165, 1.54) is 7.11 Å². The van der Waals surface area contributed by atoms with Gasteiger partial charge >= 0.3 is 5.97 Å². The fraction of sp³-hybridized carbons (Fsp3) is 0.750. The summed E-state index contributed by atoms with van der Waals surface area (Å²) in [6.45, 7) is 5.62. The third-order valence-corrected chi connectivity index (χ3v) is 3.10. The molecule has 0 aliphatic carbocycles. The Hall–Kier alpha value is -1.03. The van der Waals surface area contributed by atoms with E-state index in [-0.39, 0.29) is 17.3 Å². The number of carbonyl (C=O) groups excluding carboxylic acids is 1. The lowest BCUT2D eigenvalue weighted by atomic mass is 9.78. The maximum absolute atomic E-state index is 11.3. The van der Waals surface area contributed by atoms with Crippen molar-refractivity contribution in [3.8, 4) is 0 Å². The molecule has 2 heterocycles. The van der Waals surface area contributed by atoms with Crippen LogP contribution >= 0.6 is 0 Å². The molecule has 2 rings (SSSR count). The Morgan fingerprint density at radius 1 is 1.56 bits per heavy atom. The number of hydrogen-bond acceptors (Lipinski definition) is 4. The summed E-state index contributed by atoms with van der Waals surface area (Å²) in [5.41, 5.74) is 0.196. The first-order chi connectivity index (χ1) is 7.52. The molecule has 0 unspecified atom stereocenters. The van der Waals surface area contributed by atoms with E-state index in [4.69, 9.17) is 9.47 Å². The van der Waals surface area contributed by atoms with E-state index in [9.17, 15) is 4.79 Å². The zero-order chi connectivity index (χ0) is 11.8. The Labute approximate surface area is 95.6 Å². The van der Waals surface area contributed by atoms with Crippen LogP contribution in [0.5, 0.6) is 0 Å². The van der Waals surface area contributed by atoms with Gasteiger partial charge in [-0.05, 0) is 17.9 Å². The molecule has 0 bridgehead atoms. The Balaban J connectivity index is 2.08. The van der Waals surface area contributed by atoms with Gasteiger partial charge in [-0.1, -0.05) is 13.8 Å². The van der Waals surface area contributed by atoms with Gasteiger partial charge in [-0.15, -0.1) is 0 Å². The van der Waals surface area contributed by atoms with Gasteiger partial charge in [0.05, 0.1) is 26.4 Å². The normalized spacial score (nSPS) is 32.1. The molecule has 0 radical (unpaired) electrons. The van der Waals surface area contributed by atoms with Crippen LogP contribution in [-0.2, 0) is 19.0 Å². The number of ether oxygens (including phenoxy) is 3. The maximum atomic E-state index is 11.3. The lowest BCUT2D eigenvalue weighted by molar-refractivity contribution is -0.144. The monoisotopic (exact) mass is 226 g/mol. The van der Waals surface area contributed by atoms with E-state index in [2.05, 4.69) is 18.6 Å². The predicted molar refractivity (Wildman–Crippen MR) is 57.7 cm³/mol. The number of fused-ring (bicyclic) bond motifs is 1. The maximum Gasteiger partial charge on any atom is 0.373 e. The van der Waals surface area contributed by atoms with Crippen molar-refractivity contribution in [3.63, 3.8) is 0 Å². The number of rotatable bonds is 1. The number of esters is 1. The number of methoxy groups -OCH3 is 1. The number of hydrogen-bond donors (Lipinski definition) is 0. The summed E-state index contributed by atoms with van der Waals surface area (Å²) in [5, 5.41) is 0. The summed E-state index contributed by atoms with van der Waals surface area (Å²) in [6.07, 6.45) is 2.80. The van der Waals surface area contributed by atoms with Gasteiger partial charge < -0.3 is 14.2 Å². The smallest absolute Gasteiger partial charge is 0.373 e. The lowest BCUT2D eigenvalue weighted by Crippen LogP contribution is -2.42. The van der Waals surface area contributed by atoms with Crippen LogP contribution in [0.1, 0.15) is 20.3 Å². The van der Waals surface area contributed by atoms with Crippen LogP contribution in [-0.4, -0.2) is 32.4 Å². The summed E-state index contributed by atoms with van der Waals surface area (Å²) < 4.78 is 15.8. The van der Waals surface area contributed by atoms with E-state index >= 15 is 0 Å². The van der Waals surface area contributed by atoms with Crippen LogP contribution in [0.3, 0.4) is 0 Å². The molecular formula is C12H18O4. The van der Waals surface area contributed by atoms with Gasteiger partial charge in [0, 0.05) is 5.92 Å². The van der Waals surface area contributed by atoms with Gasteiger partial charge in [-0.3, -0.25) is 0 Å². The van der Waals surface area contributed by atoms with Crippen LogP contribution in [0.15, 0.2) is 11.8 Å². The average molecular weight is 226 g/mol. The molecular weight excluding hydrogens is 208 g/mol. The SMILES string of the molecule is COC(=O)C1=C[C@@H]2OCC(C)(C)C[C@H]2CO1. The van der Waals surface area contributed by atoms with Crippen molar-refractivity contribution in [3.05, 3.63) is 11.8 Å². The molecule has 0 amide bonds. The van der Waals surface area contributed by atoms with Crippen molar-refractivity contribution >= 4 is 5.97 Å². The van der Waals surface area contributed by atoms with Gasteiger partial charge in [0.1, 0.15) is 0 Å². The summed E-state index contributed by atoms with van der Waals surface area (Å²) in [7, 11) is 1.35. The van der Waals surface area contributed by atoms with Crippen molar-refractivity contribution in [2.24, 2.45) is 11.3 Å². The van der Waals surface area contributed by atoms with Crippen LogP contribution < -0.4 is 0 Å². The third-order valence-electron chi connectivity index (χ3n) is 3.10. The first-order valence-electron chi connectivity index (χ1n) is 5.56. The van der Waals surface area contributed by atoms with Gasteiger partial charge in [0.15, 0.2) is 0 Å². The minimum Gasteiger partial charge on any atom is -0.486 e. The second-order valence-corrected chi connectivity index (χ2v) is 5.24. The van der Waals surface area contributed by atoms with Gasteiger partial charge in [-0.25, -0.2) is 4.79 Å². The molecule has 2 aliphatic heterocycles. The quantitative estimate of drug-likeness (QED) is 0.636. The molecule has 1 saturated heterocycles. The van der Waals surface area contributed by atoms with E-state index < -0.39 is 5.97 Å². The lowest BCUT2D eigenvalue weighted by Gasteiger charge is -2.41. The molecule has 1 fully saturated rings. The van der Waals surface area contributed by atoms with Crippen molar-refractivity contribution in [2.75, 3.05) is 20.3 Å². The second-order valence-electron chi connectivity index (χ2n) is 5.24. The summed E-state index contributed by atoms with van der Waals surface area (Å²) in [5.74, 6) is 0.201. The first-order valence-corrected chi connectivity index (χ1v) is 5.56. The molecule has 4 heteroatoms. The van der Waals surface area contributed by atoms with E-state index in [0.717, 1.165) is 13.0 Å². The first kappa shape index (κ1) is 11.5. The number of carbonyl (C=O) groups is 1. The second kappa shape index (κ2) is 4.09. The molecule has 0 spiro atoms. The molecule has 4 nitrogen and oxygen atoms in total. The average Bonchev–Trinajstić information content (AvgIpc) is 2.26. The van der Waals surface area contributed by atoms with E-state index in [1.54, 1.807) is 6.08 Å². The Morgan fingerprint density at radius 3 is 3.00 bits per heavy atom. The summed E-state index contributed by atoms with van der Waals surface area (Å²) in [4.78, 5) is 11.3. The third kappa shape index (κ3) is 2.21. The molecule has 0 saturated carbocycles. The van der Waals surface area contributed by atoms with Crippen molar-refractivity contribution in [1.29, 1.82) is 0 Å². The van der Waals surface area contributed by atoms with Gasteiger partial charge in [0.25, 0.3) is 0 Å². The highest BCUT2D eigenvalue weighted by atomic mass is 16.6. The summed E-state index contributed by atoms with van der Waals surface area (Å²) in [6, 6.07) is 0. The minimum atomic E-state index is -0.424. The molecule has 16 heavy (non-hydrogen) atoms. The van der Waals surface area contributed by atoms with Crippen molar-refractivity contribution in [1.82, 2.24) is 0 Å². The van der Waals surface area contributed by atoms with Crippen molar-refractivity contribution < 1.29 is 19.0 Å². The highest BCUT2D eigenvalue weighted by Gasteiger charge is 2.38.